The van der Waals surface area contributed by atoms with Crippen LogP contribution in [0.15, 0.2) is 60.7 Å². The van der Waals surface area contributed by atoms with Crippen molar-refractivity contribution in [2.24, 2.45) is 0 Å². The molecular weight excluding hydrogens is 503 g/mol. The maximum atomic E-state index is 13.2. The van der Waals surface area contributed by atoms with Crippen LogP contribution in [-0.4, -0.2) is 60.4 Å². The van der Waals surface area contributed by atoms with Gasteiger partial charge in [-0.25, -0.2) is 17.8 Å². The Bertz CT molecular complexity index is 1470. The van der Waals surface area contributed by atoms with Crippen molar-refractivity contribution in [2.75, 3.05) is 27.1 Å². The minimum Gasteiger partial charge on any atom is -0.494 e. The van der Waals surface area contributed by atoms with Gasteiger partial charge < -0.3 is 19.3 Å². The molecule has 0 saturated carbocycles. The third-order valence-electron chi connectivity index (χ3n) is 5.53. The van der Waals surface area contributed by atoms with Crippen molar-refractivity contribution in [3.05, 3.63) is 77.9 Å². The molecule has 2 aromatic carbocycles. The summed E-state index contributed by atoms with van der Waals surface area (Å²) in [5.41, 5.74) is 1.02. The van der Waals surface area contributed by atoms with E-state index in [9.17, 15) is 17.9 Å². The van der Waals surface area contributed by atoms with Gasteiger partial charge in [-0.2, -0.15) is 0 Å². The first-order chi connectivity index (χ1) is 17.8. The maximum Gasteiger partial charge on any atom is 0.213 e. The smallest absolute Gasteiger partial charge is 0.213 e. The lowest BCUT2D eigenvalue weighted by molar-refractivity contribution is 0.201. The summed E-state index contributed by atoms with van der Waals surface area (Å²) >= 11 is 0. The summed E-state index contributed by atoms with van der Waals surface area (Å²) in [7, 11) is 0.487. The summed E-state index contributed by atoms with van der Waals surface area (Å²) in [6, 6.07) is 15.2. The minimum absolute atomic E-state index is 0.0497. The summed E-state index contributed by atoms with van der Waals surface area (Å²) in [6.45, 7) is 0. The fourth-order valence-electron chi connectivity index (χ4n) is 3.79. The van der Waals surface area contributed by atoms with Gasteiger partial charge in [-0.15, -0.1) is 10.2 Å². The molecule has 4 aromatic rings. The van der Waals surface area contributed by atoms with E-state index in [1.807, 2.05) is 0 Å². The average molecular weight is 529 g/mol. The summed E-state index contributed by atoms with van der Waals surface area (Å²) < 4.78 is 57.4. The van der Waals surface area contributed by atoms with Crippen LogP contribution in [0, 0.1) is 5.82 Å². The number of benzene rings is 2. The molecule has 0 fully saturated rings. The number of ether oxygens (including phenoxy) is 3. The van der Waals surface area contributed by atoms with Crippen LogP contribution in [0.5, 0.6) is 17.4 Å². The number of hydrogen-bond acceptors (Lipinski definition) is 9. The van der Waals surface area contributed by atoms with Gasteiger partial charge in [0, 0.05) is 6.07 Å². The van der Waals surface area contributed by atoms with Crippen LogP contribution in [0.3, 0.4) is 0 Å². The molecule has 0 aliphatic carbocycles. The van der Waals surface area contributed by atoms with Gasteiger partial charge in [0.1, 0.15) is 34.5 Å². The molecule has 2 heterocycles. The SMILES string of the molecule is COc1cccc(-c2nnc(CS(=O)(=O)C[C@@H](O)c3ccc(F)cc3)n2-c2c(OC)cccc2OC)n1. The number of hydrogen-bond donors (Lipinski definition) is 1. The molecule has 194 valence electrons. The minimum atomic E-state index is -3.94. The monoisotopic (exact) mass is 528 g/mol. The van der Waals surface area contributed by atoms with Crippen molar-refractivity contribution in [1.82, 2.24) is 19.7 Å². The number of sulfone groups is 1. The number of aromatic nitrogens is 4. The first-order valence-corrected chi connectivity index (χ1v) is 12.9. The Labute approximate surface area is 213 Å². The van der Waals surface area contributed by atoms with Crippen molar-refractivity contribution >= 4 is 9.84 Å². The van der Waals surface area contributed by atoms with E-state index < -0.39 is 33.3 Å². The topological polar surface area (TPSA) is 126 Å². The van der Waals surface area contributed by atoms with Crippen molar-refractivity contribution in [3.8, 4) is 34.6 Å². The van der Waals surface area contributed by atoms with Crippen LogP contribution < -0.4 is 14.2 Å². The summed E-state index contributed by atoms with van der Waals surface area (Å²) in [4.78, 5) is 4.42. The fraction of sp³-hybridized carbons (Fsp3) is 0.240. The molecule has 37 heavy (non-hydrogen) atoms. The third-order valence-corrected chi connectivity index (χ3v) is 7.05. The van der Waals surface area contributed by atoms with Gasteiger partial charge in [-0.05, 0) is 35.9 Å². The van der Waals surface area contributed by atoms with E-state index >= 15 is 0 Å². The van der Waals surface area contributed by atoms with Crippen LogP contribution in [0.2, 0.25) is 0 Å². The standard InChI is InChI=1S/C25H25FN4O6S/c1-34-20-7-5-8-21(35-2)24(20)30-22(28-29-25(30)18-6-4-9-23(27-18)36-3)15-37(32,33)14-19(31)16-10-12-17(26)13-11-16/h4-13,19,31H,14-15H2,1-3H3/t19-/m1/s1. The Kier molecular flexibility index (Phi) is 7.69. The predicted octanol–water partition coefficient (Wildman–Crippen LogP) is 3.14. The average Bonchev–Trinajstić information content (AvgIpc) is 3.30. The molecular formula is C25H25FN4O6S. The first-order valence-electron chi connectivity index (χ1n) is 11.1. The van der Waals surface area contributed by atoms with Crippen LogP contribution in [0.1, 0.15) is 17.5 Å². The van der Waals surface area contributed by atoms with Gasteiger partial charge >= 0.3 is 0 Å². The van der Waals surface area contributed by atoms with Crippen LogP contribution in [0.4, 0.5) is 4.39 Å². The second-order valence-electron chi connectivity index (χ2n) is 7.97. The number of methoxy groups -OCH3 is 3. The Hall–Kier alpha value is -4.03. The first kappa shape index (κ1) is 26.0. The molecule has 0 bridgehead atoms. The van der Waals surface area contributed by atoms with Gasteiger partial charge in [0.2, 0.25) is 5.88 Å². The van der Waals surface area contributed by atoms with E-state index in [0.717, 1.165) is 12.1 Å². The Morgan fingerprint density at radius 3 is 2.19 bits per heavy atom. The number of para-hydroxylation sites is 1. The van der Waals surface area contributed by atoms with Gasteiger partial charge in [0.05, 0.1) is 33.2 Å². The number of aliphatic hydroxyl groups excluding tert-OH is 1. The van der Waals surface area contributed by atoms with Crippen molar-refractivity contribution < 1.29 is 32.1 Å². The van der Waals surface area contributed by atoms with Gasteiger partial charge in [-0.3, -0.25) is 4.57 Å². The zero-order valence-corrected chi connectivity index (χ0v) is 21.1. The van der Waals surface area contributed by atoms with Gasteiger partial charge in [0.25, 0.3) is 0 Å². The van der Waals surface area contributed by atoms with Crippen LogP contribution in [-0.2, 0) is 15.6 Å². The lowest BCUT2D eigenvalue weighted by Gasteiger charge is -2.17. The van der Waals surface area contributed by atoms with Gasteiger partial charge in [0.15, 0.2) is 21.5 Å². The van der Waals surface area contributed by atoms with E-state index in [1.165, 1.54) is 38.0 Å². The highest BCUT2D eigenvalue weighted by atomic mass is 32.2. The van der Waals surface area contributed by atoms with E-state index in [-0.39, 0.29) is 17.2 Å². The highest BCUT2D eigenvalue weighted by Crippen LogP contribution is 2.36. The normalized spacial score (nSPS) is 12.2. The van der Waals surface area contributed by atoms with Crippen molar-refractivity contribution in [2.45, 2.75) is 11.9 Å². The largest absolute Gasteiger partial charge is 0.494 e. The number of pyridine rings is 1. The van der Waals surface area contributed by atoms with Crippen molar-refractivity contribution in [3.63, 3.8) is 0 Å². The Balaban J connectivity index is 1.80. The molecule has 0 unspecified atom stereocenters. The van der Waals surface area contributed by atoms with Crippen LogP contribution >= 0.6 is 0 Å². The molecule has 0 saturated heterocycles. The lowest BCUT2D eigenvalue weighted by atomic mass is 10.1. The molecule has 0 spiro atoms. The number of aliphatic hydroxyl groups is 1. The Morgan fingerprint density at radius 2 is 1.57 bits per heavy atom. The second kappa shape index (κ2) is 10.9. The Morgan fingerprint density at radius 1 is 0.919 bits per heavy atom. The second-order valence-corrected chi connectivity index (χ2v) is 10.1. The highest BCUT2D eigenvalue weighted by Gasteiger charge is 2.28. The summed E-state index contributed by atoms with van der Waals surface area (Å²) in [5, 5.41) is 18.9. The molecule has 0 aliphatic heterocycles. The number of halogens is 1. The molecule has 1 atom stereocenters. The summed E-state index contributed by atoms with van der Waals surface area (Å²) in [6.07, 6.45) is -1.36. The third kappa shape index (κ3) is 5.70. The quantitative estimate of drug-likeness (QED) is 0.330. The van der Waals surface area contributed by atoms with E-state index in [1.54, 1.807) is 36.4 Å². The molecule has 12 heteroatoms. The predicted molar refractivity (Wildman–Crippen MR) is 133 cm³/mol. The number of rotatable bonds is 10. The maximum absolute atomic E-state index is 13.2. The van der Waals surface area contributed by atoms with E-state index in [4.69, 9.17) is 14.2 Å². The molecule has 0 aliphatic rings. The zero-order chi connectivity index (χ0) is 26.6. The van der Waals surface area contributed by atoms with Gasteiger partial charge in [-0.1, -0.05) is 24.3 Å². The molecule has 1 N–H and O–H groups in total. The molecule has 0 amide bonds. The molecule has 0 radical (unpaired) electrons. The molecule has 2 aromatic heterocycles. The molecule has 10 nitrogen and oxygen atoms in total. The van der Waals surface area contributed by atoms with E-state index in [0.29, 0.717) is 28.8 Å². The zero-order valence-electron chi connectivity index (χ0n) is 20.3. The van der Waals surface area contributed by atoms with E-state index in [2.05, 4.69) is 15.2 Å². The van der Waals surface area contributed by atoms with Crippen molar-refractivity contribution in [1.29, 1.82) is 0 Å². The fourth-order valence-corrected chi connectivity index (χ4v) is 5.16. The number of nitrogens with zero attached hydrogens (tertiary/aromatic N) is 4. The molecule has 4 rings (SSSR count). The summed E-state index contributed by atoms with van der Waals surface area (Å²) in [5.74, 6) is -0.293. The lowest BCUT2D eigenvalue weighted by Crippen LogP contribution is -2.19. The highest BCUT2D eigenvalue weighted by molar-refractivity contribution is 7.90. The van der Waals surface area contributed by atoms with Crippen LogP contribution in [0.25, 0.3) is 17.2 Å².